The van der Waals surface area contributed by atoms with E-state index in [1.165, 1.54) is 17.7 Å². The van der Waals surface area contributed by atoms with Crippen LogP contribution >= 0.6 is 11.8 Å². The molecule has 128 valence electrons. The molecule has 2 N–H and O–H groups in total. The molecule has 1 aliphatic rings. The number of hydrogen-bond donors (Lipinski definition) is 2. The second-order valence-electron chi connectivity index (χ2n) is 6.22. The van der Waals surface area contributed by atoms with Crippen LogP contribution in [0.15, 0.2) is 40.2 Å². The van der Waals surface area contributed by atoms with E-state index < -0.39 is 0 Å². The van der Waals surface area contributed by atoms with Crippen LogP contribution in [0.1, 0.15) is 33.1 Å². The second-order valence-corrected chi connectivity index (χ2v) is 7.77. The lowest BCUT2D eigenvalue weighted by atomic mass is 10.4. The number of hydrogen-bond acceptors (Lipinski definition) is 3. The molecule has 0 aromatic heterocycles. The molecule has 0 atom stereocenters. The summed E-state index contributed by atoms with van der Waals surface area (Å²) >= 11 is 1.98. The highest BCUT2D eigenvalue weighted by Crippen LogP contribution is 2.51. The molecule has 4 nitrogen and oxygen atoms in total. The summed E-state index contributed by atoms with van der Waals surface area (Å²) in [5, 5.41) is 6.83. The minimum atomic E-state index is 0.303. The molecule has 23 heavy (non-hydrogen) atoms. The Morgan fingerprint density at radius 2 is 2.00 bits per heavy atom. The van der Waals surface area contributed by atoms with E-state index in [1.807, 2.05) is 18.8 Å². The Hall–Kier alpha value is -1.20. The molecule has 1 aromatic rings. The fourth-order valence-corrected chi connectivity index (χ4v) is 3.50. The van der Waals surface area contributed by atoms with Gasteiger partial charge in [0.15, 0.2) is 5.96 Å². The SMILES string of the molecule is CN=C(NCCCOC(C)C)NCC1(Sc2ccccc2)CC1. The highest BCUT2D eigenvalue weighted by Gasteiger charge is 2.43. The van der Waals surface area contributed by atoms with Gasteiger partial charge in [0.2, 0.25) is 0 Å². The van der Waals surface area contributed by atoms with Crippen LogP contribution in [0.2, 0.25) is 0 Å². The predicted molar refractivity (Wildman–Crippen MR) is 99.3 cm³/mol. The average Bonchev–Trinajstić information content (AvgIpc) is 3.30. The Morgan fingerprint density at radius 3 is 2.61 bits per heavy atom. The van der Waals surface area contributed by atoms with Crippen LogP contribution in [-0.2, 0) is 4.74 Å². The molecule has 0 unspecified atom stereocenters. The zero-order valence-electron chi connectivity index (χ0n) is 14.5. The van der Waals surface area contributed by atoms with Crippen LogP contribution in [0.25, 0.3) is 0 Å². The van der Waals surface area contributed by atoms with Crippen molar-refractivity contribution in [3.05, 3.63) is 30.3 Å². The van der Waals surface area contributed by atoms with Crippen molar-refractivity contribution in [2.75, 3.05) is 26.7 Å². The van der Waals surface area contributed by atoms with Crippen LogP contribution in [0.5, 0.6) is 0 Å². The first-order valence-electron chi connectivity index (χ1n) is 8.44. The summed E-state index contributed by atoms with van der Waals surface area (Å²) in [7, 11) is 1.82. The van der Waals surface area contributed by atoms with Gasteiger partial charge in [-0.1, -0.05) is 18.2 Å². The van der Waals surface area contributed by atoms with Gasteiger partial charge in [-0.05, 0) is 45.2 Å². The van der Waals surface area contributed by atoms with Crippen LogP contribution in [0, 0.1) is 0 Å². The molecule has 0 heterocycles. The van der Waals surface area contributed by atoms with Crippen molar-refractivity contribution in [1.82, 2.24) is 10.6 Å². The van der Waals surface area contributed by atoms with E-state index in [0.717, 1.165) is 32.1 Å². The first kappa shape index (κ1) is 18.1. The Labute approximate surface area is 144 Å². The van der Waals surface area contributed by atoms with Crippen molar-refractivity contribution in [2.24, 2.45) is 4.99 Å². The summed E-state index contributed by atoms with van der Waals surface area (Å²) in [5.74, 6) is 0.884. The fourth-order valence-electron chi connectivity index (χ4n) is 2.26. The van der Waals surface area contributed by atoms with Gasteiger partial charge in [-0.25, -0.2) is 0 Å². The third-order valence-electron chi connectivity index (χ3n) is 3.75. The topological polar surface area (TPSA) is 45.7 Å². The number of nitrogens with one attached hydrogen (secondary N) is 2. The maximum absolute atomic E-state index is 5.54. The van der Waals surface area contributed by atoms with Gasteiger partial charge in [0, 0.05) is 36.4 Å². The largest absolute Gasteiger partial charge is 0.379 e. The lowest BCUT2D eigenvalue weighted by Crippen LogP contribution is -2.41. The zero-order valence-corrected chi connectivity index (χ0v) is 15.3. The first-order valence-corrected chi connectivity index (χ1v) is 9.25. The number of nitrogens with zero attached hydrogens (tertiary/aromatic N) is 1. The second kappa shape index (κ2) is 9.18. The summed E-state index contributed by atoms with van der Waals surface area (Å²) < 4.78 is 5.88. The zero-order chi connectivity index (χ0) is 16.5. The summed E-state index contributed by atoms with van der Waals surface area (Å²) in [6.07, 6.45) is 3.82. The normalized spacial score (nSPS) is 16.4. The fraction of sp³-hybridized carbons (Fsp3) is 0.611. The average molecular weight is 336 g/mol. The van der Waals surface area contributed by atoms with E-state index in [4.69, 9.17) is 4.74 Å². The lowest BCUT2D eigenvalue weighted by molar-refractivity contribution is 0.0776. The van der Waals surface area contributed by atoms with Gasteiger partial charge >= 0.3 is 0 Å². The molecule has 1 aromatic carbocycles. The molecule has 0 spiro atoms. The summed E-state index contributed by atoms with van der Waals surface area (Å²) in [5.41, 5.74) is 0. The van der Waals surface area contributed by atoms with Crippen molar-refractivity contribution in [2.45, 2.75) is 48.9 Å². The van der Waals surface area contributed by atoms with Crippen molar-refractivity contribution < 1.29 is 4.74 Å². The molecular weight excluding hydrogens is 306 g/mol. The van der Waals surface area contributed by atoms with Crippen LogP contribution < -0.4 is 10.6 Å². The molecule has 0 aliphatic heterocycles. The maximum atomic E-state index is 5.54. The van der Waals surface area contributed by atoms with Crippen molar-refractivity contribution in [3.8, 4) is 0 Å². The van der Waals surface area contributed by atoms with Gasteiger partial charge in [0.25, 0.3) is 0 Å². The number of guanidine groups is 1. The van der Waals surface area contributed by atoms with E-state index in [2.05, 4.69) is 59.8 Å². The molecule has 1 fully saturated rings. The lowest BCUT2D eigenvalue weighted by Gasteiger charge is -2.18. The van der Waals surface area contributed by atoms with E-state index in [1.54, 1.807) is 0 Å². The van der Waals surface area contributed by atoms with Gasteiger partial charge < -0.3 is 15.4 Å². The molecule has 0 saturated heterocycles. The Balaban J connectivity index is 1.67. The predicted octanol–water partition coefficient (Wildman–Crippen LogP) is 3.29. The first-order chi connectivity index (χ1) is 11.1. The molecule has 5 heteroatoms. The third kappa shape index (κ3) is 6.83. The molecule has 0 radical (unpaired) electrons. The van der Waals surface area contributed by atoms with Crippen molar-refractivity contribution >= 4 is 17.7 Å². The standard InChI is InChI=1S/C18H29N3OS/c1-15(2)22-13-7-12-20-17(19-3)21-14-18(10-11-18)23-16-8-5-4-6-9-16/h4-6,8-9,15H,7,10-14H2,1-3H3,(H2,19,20,21). The Bertz CT molecular complexity index is 486. The number of ether oxygens (including phenoxy) is 1. The van der Waals surface area contributed by atoms with Gasteiger partial charge in [-0.2, -0.15) is 0 Å². The van der Waals surface area contributed by atoms with E-state index in [0.29, 0.717) is 10.9 Å². The summed E-state index contributed by atoms with van der Waals surface area (Å²) in [6.45, 7) is 6.75. The molecule has 1 aliphatic carbocycles. The van der Waals surface area contributed by atoms with E-state index in [-0.39, 0.29) is 0 Å². The minimum absolute atomic E-state index is 0.303. The van der Waals surface area contributed by atoms with Crippen molar-refractivity contribution in [3.63, 3.8) is 0 Å². The smallest absolute Gasteiger partial charge is 0.191 e. The molecule has 2 rings (SSSR count). The third-order valence-corrected chi connectivity index (χ3v) is 5.25. The van der Waals surface area contributed by atoms with Crippen molar-refractivity contribution in [1.29, 1.82) is 0 Å². The Kier molecular flexibility index (Phi) is 7.24. The van der Waals surface area contributed by atoms with Crippen LogP contribution in [0.4, 0.5) is 0 Å². The van der Waals surface area contributed by atoms with Crippen LogP contribution in [0.3, 0.4) is 0 Å². The van der Waals surface area contributed by atoms with Gasteiger partial charge in [-0.3, -0.25) is 4.99 Å². The number of rotatable bonds is 9. The van der Waals surface area contributed by atoms with Crippen LogP contribution in [-0.4, -0.2) is 43.6 Å². The monoisotopic (exact) mass is 335 g/mol. The number of benzene rings is 1. The quantitative estimate of drug-likeness (QED) is 0.413. The van der Waals surface area contributed by atoms with Gasteiger partial charge in [0.1, 0.15) is 0 Å². The summed E-state index contributed by atoms with van der Waals surface area (Å²) in [6, 6.07) is 10.6. The highest BCUT2D eigenvalue weighted by molar-refractivity contribution is 8.01. The van der Waals surface area contributed by atoms with E-state index in [9.17, 15) is 0 Å². The highest BCUT2D eigenvalue weighted by atomic mass is 32.2. The maximum Gasteiger partial charge on any atom is 0.191 e. The van der Waals surface area contributed by atoms with Gasteiger partial charge in [-0.15, -0.1) is 11.8 Å². The molecule has 0 amide bonds. The minimum Gasteiger partial charge on any atom is -0.379 e. The molecular formula is C18H29N3OS. The summed E-state index contributed by atoms with van der Waals surface area (Å²) in [4.78, 5) is 5.65. The molecule has 1 saturated carbocycles. The number of thioether (sulfide) groups is 1. The molecule has 0 bridgehead atoms. The van der Waals surface area contributed by atoms with E-state index >= 15 is 0 Å². The Morgan fingerprint density at radius 1 is 1.26 bits per heavy atom. The number of aliphatic imine (C=N–C) groups is 1. The van der Waals surface area contributed by atoms with Gasteiger partial charge in [0.05, 0.1) is 6.10 Å².